The summed E-state index contributed by atoms with van der Waals surface area (Å²) in [6, 6.07) is 0. The van der Waals surface area contributed by atoms with Crippen molar-refractivity contribution in [2.24, 2.45) is 11.7 Å². The van der Waals surface area contributed by atoms with Crippen LogP contribution in [0.2, 0.25) is 0 Å². The van der Waals surface area contributed by atoms with E-state index in [4.69, 9.17) is 5.73 Å². The van der Waals surface area contributed by atoms with Gasteiger partial charge in [-0.3, -0.25) is 0 Å². The molecule has 0 saturated heterocycles. The van der Waals surface area contributed by atoms with Gasteiger partial charge in [0, 0.05) is 12.5 Å². The Morgan fingerprint density at radius 2 is 2.24 bits per heavy atom. The number of tetrazole rings is 1. The first-order valence-corrected chi connectivity index (χ1v) is 6.81. The van der Waals surface area contributed by atoms with Gasteiger partial charge in [-0.1, -0.05) is 13.3 Å². The predicted molar refractivity (Wildman–Crippen MR) is 66.5 cm³/mol. The molecule has 1 fully saturated rings. The van der Waals surface area contributed by atoms with E-state index in [1.807, 2.05) is 4.68 Å². The second kappa shape index (κ2) is 6.10. The van der Waals surface area contributed by atoms with Crippen molar-refractivity contribution in [3.63, 3.8) is 0 Å². The van der Waals surface area contributed by atoms with Gasteiger partial charge in [-0.2, -0.15) is 0 Å². The van der Waals surface area contributed by atoms with Crippen molar-refractivity contribution in [1.82, 2.24) is 20.2 Å². The lowest BCUT2D eigenvalue weighted by Gasteiger charge is -2.10. The van der Waals surface area contributed by atoms with Crippen molar-refractivity contribution >= 4 is 0 Å². The van der Waals surface area contributed by atoms with Crippen LogP contribution < -0.4 is 5.73 Å². The third-order valence-corrected chi connectivity index (χ3v) is 3.87. The Bertz CT molecular complexity index is 335. The molecule has 0 radical (unpaired) electrons. The molecule has 0 aliphatic heterocycles. The molecule has 0 spiro atoms. The molecule has 2 unspecified atom stereocenters. The van der Waals surface area contributed by atoms with Crippen LogP contribution in [-0.2, 0) is 6.54 Å². The number of aryl methyl sites for hydroxylation is 1. The first kappa shape index (κ1) is 12.5. The van der Waals surface area contributed by atoms with Gasteiger partial charge in [-0.25, -0.2) is 4.68 Å². The second-order valence-corrected chi connectivity index (χ2v) is 5.04. The second-order valence-electron chi connectivity index (χ2n) is 5.04. The van der Waals surface area contributed by atoms with Gasteiger partial charge in [-0.05, 0) is 55.0 Å². The molecule has 5 heteroatoms. The molecule has 1 aromatic rings. The average molecular weight is 237 g/mol. The Balaban J connectivity index is 1.94. The lowest BCUT2D eigenvalue weighted by atomic mass is 10.0. The Hall–Kier alpha value is -0.970. The van der Waals surface area contributed by atoms with Crippen LogP contribution >= 0.6 is 0 Å². The number of hydrogen-bond donors (Lipinski definition) is 1. The van der Waals surface area contributed by atoms with E-state index in [-0.39, 0.29) is 0 Å². The van der Waals surface area contributed by atoms with Crippen LogP contribution in [0.4, 0.5) is 0 Å². The summed E-state index contributed by atoms with van der Waals surface area (Å²) in [7, 11) is 0. The highest BCUT2D eigenvalue weighted by Gasteiger charge is 2.28. The predicted octanol–water partition coefficient (Wildman–Crippen LogP) is 1.71. The molecular weight excluding hydrogens is 214 g/mol. The zero-order valence-corrected chi connectivity index (χ0v) is 10.7. The fourth-order valence-electron chi connectivity index (χ4n) is 2.75. The maximum Gasteiger partial charge on any atom is 0.154 e. The van der Waals surface area contributed by atoms with Gasteiger partial charge >= 0.3 is 0 Å². The van der Waals surface area contributed by atoms with Crippen molar-refractivity contribution in [1.29, 1.82) is 0 Å². The monoisotopic (exact) mass is 237 g/mol. The largest absolute Gasteiger partial charge is 0.330 e. The Labute approximate surface area is 103 Å². The highest BCUT2D eigenvalue weighted by atomic mass is 15.5. The molecule has 1 aliphatic rings. The minimum atomic E-state index is 0.577. The Kier molecular flexibility index (Phi) is 4.48. The topological polar surface area (TPSA) is 69.6 Å². The normalized spacial score (nSPS) is 24.4. The number of aromatic nitrogens is 4. The van der Waals surface area contributed by atoms with E-state index in [0.29, 0.717) is 5.92 Å². The molecule has 2 rings (SSSR count). The maximum atomic E-state index is 5.50. The summed E-state index contributed by atoms with van der Waals surface area (Å²) in [5.74, 6) is 2.54. The van der Waals surface area contributed by atoms with E-state index in [1.165, 1.54) is 25.7 Å². The molecule has 96 valence electrons. The molecule has 1 saturated carbocycles. The summed E-state index contributed by atoms with van der Waals surface area (Å²) in [6.45, 7) is 3.93. The van der Waals surface area contributed by atoms with Crippen molar-refractivity contribution < 1.29 is 0 Å². The van der Waals surface area contributed by atoms with Crippen LogP contribution in [0.1, 0.15) is 57.2 Å². The maximum absolute atomic E-state index is 5.50. The number of unbranched alkanes of at least 4 members (excludes halogenated alkanes) is 1. The van der Waals surface area contributed by atoms with Gasteiger partial charge in [-0.15, -0.1) is 5.10 Å². The van der Waals surface area contributed by atoms with Crippen LogP contribution in [0.25, 0.3) is 0 Å². The number of hydrogen-bond acceptors (Lipinski definition) is 4. The highest BCUT2D eigenvalue weighted by molar-refractivity contribution is 4.98. The van der Waals surface area contributed by atoms with Crippen molar-refractivity contribution in [2.75, 3.05) is 6.54 Å². The molecule has 2 atom stereocenters. The molecule has 1 aliphatic carbocycles. The van der Waals surface area contributed by atoms with Gasteiger partial charge in [0.25, 0.3) is 0 Å². The van der Waals surface area contributed by atoms with Gasteiger partial charge in [0.1, 0.15) is 0 Å². The number of nitrogens with two attached hydrogens (primary N) is 1. The van der Waals surface area contributed by atoms with E-state index in [0.717, 1.165) is 37.7 Å². The van der Waals surface area contributed by atoms with Gasteiger partial charge in [0.2, 0.25) is 0 Å². The summed E-state index contributed by atoms with van der Waals surface area (Å²) in [4.78, 5) is 0. The molecule has 0 aromatic carbocycles. The number of nitrogens with zero attached hydrogens (tertiary/aromatic N) is 4. The Morgan fingerprint density at radius 3 is 2.94 bits per heavy atom. The van der Waals surface area contributed by atoms with E-state index >= 15 is 0 Å². The zero-order chi connectivity index (χ0) is 12.1. The number of rotatable bonds is 6. The first-order chi connectivity index (χ1) is 8.35. The summed E-state index contributed by atoms with van der Waals surface area (Å²) in [5.41, 5.74) is 5.50. The third-order valence-electron chi connectivity index (χ3n) is 3.87. The fourth-order valence-corrected chi connectivity index (χ4v) is 2.75. The zero-order valence-electron chi connectivity index (χ0n) is 10.7. The van der Waals surface area contributed by atoms with Crippen molar-refractivity contribution in [3.8, 4) is 0 Å². The summed E-state index contributed by atoms with van der Waals surface area (Å²) < 4.78 is 1.98. The highest BCUT2D eigenvalue weighted by Crippen LogP contribution is 2.38. The molecule has 17 heavy (non-hydrogen) atoms. The first-order valence-electron chi connectivity index (χ1n) is 6.81. The van der Waals surface area contributed by atoms with Gasteiger partial charge in [0.15, 0.2) is 5.82 Å². The van der Waals surface area contributed by atoms with Crippen LogP contribution in [0, 0.1) is 5.92 Å². The van der Waals surface area contributed by atoms with E-state index < -0.39 is 0 Å². The quantitative estimate of drug-likeness (QED) is 0.765. The smallest absolute Gasteiger partial charge is 0.154 e. The van der Waals surface area contributed by atoms with E-state index in [2.05, 4.69) is 22.4 Å². The molecular formula is C12H23N5. The van der Waals surface area contributed by atoms with Gasteiger partial charge < -0.3 is 5.73 Å². The van der Waals surface area contributed by atoms with E-state index in [9.17, 15) is 0 Å². The molecule has 0 bridgehead atoms. The van der Waals surface area contributed by atoms with Crippen molar-refractivity contribution in [2.45, 2.75) is 57.9 Å². The minimum absolute atomic E-state index is 0.577. The minimum Gasteiger partial charge on any atom is -0.330 e. The molecule has 2 N–H and O–H groups in total. The van der Waals surface area contributed by atoms with E-state index in [1.54, 1.807) is 0 Å². The lowest BCUT2D eigenvalue weighted by Crippen LogP contribution is -2.10. The standard InChI is InChI=1S/C12H23N5/c1-2-10-5-6-11(9-10)12-14-15-16-17(12)8-4-3-7-13/h10-11H,2-9,13H2,1H3. The van der Waals surface area contributed by atoms with Gasteiger partial charge in [0.05, 0.1) is 0 Å². The van der Waals surface area contributed by atoms with Crippen LogP contribution in [0.3, 0.4) is 0 Å². The van der Waals surface area contributed by atoms with Crippen molar-refractivity contribution in [3.05, 3.63) is 5.82 Å². The summed E-state index contributed by atoms with van der Waals surface area (Å²) >= 11 is 0. The molecule has 1 heterocycles. The molecule has 5 nitrogen and oxygen atoms in total. The fraction of sp³-hybridized carbons (Fsp3) is 0.917. The lowest BCUT2D eigenvalue weighted by molar-refractivity contribution is 0.483. The molecule has 1 aromatic heterocycles. The molecule has 0 amide bonds. The summed E-state index contributed by atoms with van der Waals surface area (Å²) in [5, 5.41) is 12.1. The average Bonchev–Trinajstić information content (AvgIpc) is 2.96. The Morgan fingerprint density at radius 1 is 1.35 bits per heavy atom. The summed E-state index contributed by atoms with van der Waals surface area (Å²) in [6.07, 6.45) is 7.23. The van der Waals surface area contributed by atoms with Crippen LogP contribution in [-0.4, -0.2) is 26.8 Å². The third kappa shape index (κ3) is 3.03. The SMILES string of the molecule is CCC1CCC(c2nnnn2CCCCN)C1. The van der Waals surface area contributed by atoms with Crippen LogP contribution in [0.5, 0.6) is 0 Å². The van der Waals surface area contributed by atoms with Crippen LogP contribution in [0.15, 0.2) is 0 Å².